The van der Waals surface area contributed by atoms with Crippen LogP contribution in [-0.4, -0.2) is 51.4 Å². The summed E-state index contributed by atoms with van der Waals surface area (Å²) >= 11 is 1.39. The van der Waals surface area contributed by atoms with Crippen LogP contribution in [-0.2, 0) is 25.7 Å². The molecule has 21 heavy (non-hydrogen) atoms. The van der Waals surface area contributed by atoms with E-state index in [-0.39, 0.29) is 5.75 Å². The first-order chi connectivity index (χ1) is 9.83. The Morgan fingerprint density at radius 3 is 2.14 bits per heavy atom. The van der Waals surface area contributed by atoms with E-state index in [4.69, 9.17) is 0 Å². The minimum absolute atomic E-state index is 0.295. The van der Waals surface area contributed by atoms with Gasteiger partial charge in [-0.3, -0.25) is 0 Å². The van der Waals surface area contributed by atoms with Crippen molar-refractivity contribution in [3.8, 4) is 0 Å². The van der Waals surface area contributed by atoms with E-state index in [0.717, 1.165) is 12.2 Å². The standard InChI is InChI=1S/C7H16O3S3.C3H8O3S2/c1-2-3-6-11-12-7-4-5-10-13(8)9;4-8(5,6)3-1-2-7/h2-7H2,1H3,(H,8,9);7H,1-3H2,(H,4,5,6)/p-2. The summed E-state index contributed by atoms with van der Waals surface area (Å²) in [5.41, 5.74) is 0. The fraction of sp³-hybridized carbons (Fsp3) is 1.00. The Kier molecular flexibility index (Phi) is 20.1. The van der Waals surface area contributed by atoms with Gasteiger partial charge in [-0.2, -0.15) is 12.6 Å². The average molecular weight is 399 g/mol. The molecule has 0 fully saturated rings. The van der Waals surface area contributed by atoms with Crippen LogP contribution < -0.4 is 0 Å². The van der Waals surface area contributed by atoms with Gasteiger partial charge in [0.05, 0.1) is 28.1 Å². The van der Waals surface area contributed by atoms with Crippen molar-refractivity contribution in [2.75, 3.05) is 29.6 Å². The molecule has 0 aliphatic heterocycles. The zero-order valence-corrected chi connectivity index (χ0v) is 16.1. The molecule has 0 amide bonds. The van der Waals surface area contributed by atoms with Crippen LogP contribution in [0, 0.1) is 0 Å². The second-order valence-corrected chi connectivity index (χ2v) is 9.03. The minimum Gasteiger partial charge on any atom is -0.750 e. The highest BCUT2D eigenvalue weighted by atomic mass is 33.1. The van der Waals surface area contributed by atoms with E-state index in [1.54, 1.807) is 10.8 Å². The Balaban J connectivity index is 0. The van der Waals surface area contributed by atoms with Crippen molar-refractivity contribution in [3.05, 3.63) is 0 Å². The zero-order valence-electron chi connectivity index (χ0n) is 11.9. The summed E-state index contributed by atoms with van der Waals surface area (Å²) in [7, 11) is -0.361. The summed E-state index contributed by atoms with van der Waals surface area (Å²) < 4.78 is 53.6. The van der Waals surface area contributed by atoms with Gasteiger partial charge in [0.2, 0.25) is 0 Å². The van der Waals surface area contributed by atoms with E-state index >= 15 is 0 Å². The lowest BCUT2D eigenvalue weighted by Crippen LogP contribution is -2.03. The molecule has 0 heterocycles. The average Bonchev–Trinajstić information content (AvgIpc) is 2.39. The van der Waals surface area contributed by atoms with Gasteiger partial charge in [-0.05, 0) is 25.0 Å². The molecule has 0 aromatic carbocycles. The van der Waals surface area contributed by atoms with E-state index in [2.05, 4.69) is 23.7 Å². The summed E-state index contributed by atoms with van der Waals surface area (Å²) in [4.78, 5) is 0. The van der Waals surface area contributed by atoms with Crippen molar-refractivity contribution in [3.63, 3.8) is 0 Å². The van der Waals surface area contributed by atoms with Crippen LogP contribution in [0.25, 0.3) is 0 Å². The number of hydrogen-bond donors (Lipinski definition) is 1. The van der Waals surface area contributed by atoms with Crippen molar-refractivity contribution in [1.82, 2.24) is 0 Å². The lowest BCUT2D eigenvalue weighted by Gasteiger charge is -2.04. The molecule has 0 saturated carbocycles. The lowest BCUT2D eigenvalue weighted by molar-refractivity contribution is 0.301. The molecule has 0 radical (unpaired) electrons. The maximum atomic E-state index is 9.94. The predicted molar refractivity (Wildman–Crippen MR) is 92.3 cm³/mol. The zero-order chi connectivity index (χ0) is 16.6. The predicted octanol–water partition coefficient (Wildman–Crippen LogP) is 2.22. The lowest BCUT2D eigenvalue weighted by atomic mass is 10.4. The van der Waals surface area contributed by atoms with Gasteiger partial charge in [-0.15, -0.1) is 0 Å². The molecule has 0 aromatic rings. The second-order valence-electron chi connectivity index (χ2n) is 3.72. The number of rotatable bonds is 12. The molecule has 0 aliphatic rings. The van der Waals surface area contributed by atoms with Gasteiger partial charge >= 0.3 is 0 Å². The van der Waals surface area contributed by atoms with Crippen LogP contribution >= 0.6 is 34.2 Å². The molecular formula is C10H22O6S5-2. The maximum absolute atomic E-state index is 9.94. The smallest absolute Gasteiger partial charge is 0.0946 e. The Morgan fingerprint density at radius 2 is 1.76 bits per heavy atom. The molecule has 0 bridgehead atoms. The Morgan fingerprint density at radius 1 is 1.19 bits per heavy atom. The maximum Gasteiger partial charge on any atom is 0.0946 e. The van der Waals surface area contributed by atoms with Gasteiger partial charge in [0.25, 0.3) is 0 Å². The molecule has 1 atom stereocenters. The quantitative estimate of drug-likeness (QED) is 0.175. The number of unbranched alkanes of at least 4 members (excludes halogenated alkanes) is 1. The van der Waals surface area contributed by atoms with E-state index in [0.29, 0.717) is 18.8 Å². The molecular weight excluding hydrogens is 376 g/mol. The van der Waals surface area contributed by atoms with Gasteiger partial charge in [0.1, 0.15) is 0 Å². The number of hydrogen-bond acceptors (Lipinski definition) is 9. The van der Waals surface area contributed by atoms with Crippen molar-refractivity contribution in [2.45, 2.75) is 32.6 Å². The molecule has 6 nitrogen and oxygen atoms in total. The summed E-state index contributed by atoms with van der Waals surface area (Å²) in [6.45, 7) is 2.47. The van der Waals surface area contributed by atoms with E-state index in [9.17, 15) is 21.7 Å². The fourth-order valence-electron chi connectivity index (χ4n) is 0.807. The van der Waals surface area contributed by atoms with Crippen molar-refractivity contribution in [1.29, 1.82) is 0 Å². The van der Waals surface area contributed by atoms with Crippen LogP contribution in [0.3, 0.4) is 0 Å². The first-order valence-electron chi connectivity index (χ1n) is 6.34. The van der Waals surface area contributed by atoms with Gasteiger partial charge in [-0.25, -0.2) is 12.6 Å². The molecule has 1 unspecified atom stereocenters. The Hall–Kier alpha value is 1.03. The highest BCUT2D eigenvalue weighted by Crippen LogP contribution is 2.22. The number of thiol groups is 1. The second kappa shape index (κ2) is 17.4. The Labute approximate surface area is 143 Å². The highest BCUT2D eigenvalue weighted by molar-refractivity contribution is 8.76. The van der Waals surface area contributed by atoms with Crippen molar-refractivity contribution < 1.29 is 25.9 Å². The molecule has 0 rings (SSSR count). The SMILES string of the molecule is CCCCSSCCCOS(=O)[O-].O=S(=O)([O-])CCCS. The van der Waals surface area contributed by atoms with E-state index in [1.807, 2.05) is 10.8 Å². The van der Waals surface area contributed by atoms with E-state index in [1.165, 1.54) is 18.6 Å². The molecule has 0 N–H and O–H groups in total. The van der Waals surface area contributed by atoms with Gasteiger partial charge < -0.3 is 13.3 Å². The first-order valence-corrected chi connectivity index (χ1v) is 12.0. The van der Waals surface area contributed by atoms with Crippen LogP contribution in [0.1, 0.15) is 32.6 Å². The van der Waals surface area contributed by atoms with E-state index < -0.39 is 21.5 Å². The van der Waals surface area contributed by atoms with Gasteiger partial charge in [0.15, 0.2) is 0 Å². The topological polar surface area (TPSA) is 107 Å². The van der Waals surface area contributed by atoms with Crippen LogP contribution in [0.15, 0.2) is 0 Å². The summed E-state index contributed by atoms with van der Waals surface area (Å²) in [6.07, 6.45) is 3.61. The molecule has 0 aromatic heterocycles. The van der Waals surface area contributed by atoms with Gasteiger partial charge in [-0.1, -0.05) is 34.9 Å². The third kappa shape index (κ3) is 29.6. The normalized spacial score (nSPS) is 12.6. The fourth-order valence-corrected chi connectivity index (χ4v) is 4.22. The molecule has 130 valence electrons. The largest absolute Gasteiger partial charge is 0.750 e. The highest BCUT2D eigenvalue weighted by Gasteiger charge is 1.92. The van der Waals surface area contributed by atoms with Crippen LogP contribution in [0.2, 0.25) is 0 Å². The third-order valence-corrected chi connectivity index (χ3v) is 5.81. The minimum atomic E-state index is -3.99. The van der Waals surface area contributed by atoms with Crippen LogP contribution in [0.4, 0.5) is 0 Å². The van der Waals surface area contributed by atoms with Gasteiger partial charge in [0, 0.05) is 17.3 Å². The summed E-state index contributed by atoms with van der Waals surface area (Å²) in [6, 6.07) is 0. The van der Waals surface area contributed by atoms with Crippen molar-refractivity contribution in [2.24, 2.45) is 0 Å². The summed E-state index contributed by atoms with van der Waals surface area (Å²) in [5, 5.41) is 0. The Bertz CT molecular complexity index is 335. The molecule has 0 saturated heterocycles. The molecule has 0 spiro atoms. The van der Waals surface area contributed by atoms with Crippen LogP contribution in [0.5, 0.6) is 0 Å². The molecule has 0 aliphatic carbocycles. The monoisotopic (exact) mass is 398 g/mol. The van der Waals surface area contributed by atoms with Crippen molar-refractivity contribution >= 4 is 55.7 Å². The summed E-state index contributed by atoms with van der Waals surface area (Å²) in [5.74, 6) is 2.28. The third-order valence-electron chi connectivity index (χ3n) is 1.77. The first kappa shape index (κ1) is 24.3. The molecule has 11 heteroatoms.